The first kappa shape index (κ1) is 10.7. The topological polar surface area (TPSA) is 72.8 Å². The standard InChI is InChI=1S/C7H12O5/c1-4(2)6(8)11-5(3)12-7(9)10/h4-5H,1-3H3,(H,9,10)/t5-/m1/s1. The van der Waals surface area contributed by atoms with Gasteiger partial charge >= 0.3 is 12.1 Å². The molecule has 0 heterocycles. The SMILES string of the molecule is CC(C)C(=O)O[C@@H](C)OC(=O)O. The van der Waals surface area contributed by atoms with Crippen LogP contribution in [0.1, 0.15) is 20.8 Å². The van der Waals surface area contributed by atoms with E-state index < -0.39 is 18.4 Å². The van der Waals surface area contributed by atoms with Gasteiger partial charge in [0.25, 0.3) is 0 Å². The van der Waals surface area contributed by atoms with Gasteiger partial charge in [0.1, 0.15) is 0 Å². The smallest absolute Gasteiger partial charge is 0.450 e. The van der Waals surface area contributed by atoms with E-state index in [0.717, 1.165) is 0 Å². The summed E-state index contributed by atoms with van der Waals surface area (Å²) in [5.41, 5.74) is 0. The summed E-state index contributed by atoms with van der Waals surface area (Å²) in [4.78, 5) is 20.8. The summed E-state index contributed by atoms with van der Waals surface area (Å²) >= 11 is 0. The van der Waals surface area contributed by atoms with Gasteiger partial charge in [-0.1, -0.05) is 13.8 Å². The molecule has 0 aliphatic heterocycles. The van der Waals surface area contributed by atoms with Crippen LogP contribution >= 0.6 is 0 Å². The van der Waals surface area contributed by atoms with Crippen molar-refractivity contribution in [3.8, 4) is 0 Å². The molecule has 0 saturated heterocycles. The van der Waals surface area contributed by atoms with E-state index in [1.807, 2.05) is 0 Å². The van der Waals surface area contributed by atoms with Gasteiger partial charge in [-0.15, -0.1) is 0 Å². The second kappa shape index (κ2) is 4.58. The first-order valence-electron chi connectivity index (χ1n) is 3.53. The van der Waals surface area contributed by atoms with Crippen LogP contribution in [0.2, 0.25) is 0 Å². The first-order chi connectivity index (χ1) is 5.43. The Kier molecular flexibility index (Phi) is 4.10. The van der Waals surface area contributed by atoms with E-state index in [9.17, 15) is 9.59 Å². The highest BCUT2D eigenvalue weighted by molar-refractivity contribution is 5.71. The Labute approximate surface area is 70.3 Å². The van der Waals surface area contributed by atoms with Crippen molar-refractivity contribution in [1.82, 2.24) is 0 Å². The molecule has 5 heteroatoms. The minimum atomic E-state index is -1.46. The molecular formula is C7H12O5. The number of hydrogen-bond donors (Lipinski definition) is 1. The molecule has 0 aliphatic carbocycles. The van der Waals surface area contributed by atoms with Crippen molar-refractivity contribution in [3.63, 3.8) is 0 Å². The normalized spacial score (nSPS) is 12.3. The van der Waals surface area contributed by atoms with E-state index in [-0.39, 0.29) is 5.92 Å². The highest BCUT2D eigenvalue weighted by atomic mass is 16.8. The van der Waals surface area contributed by atoms with Crippen LogP contribution in [0.5, 0.6) is 0 Å². The molecule has 0 fully saturated rings. The van der Waals surface area contributed by atoms with Gasteiger partial charge in [0, 0.05) is 6.92 Å². The maximum absolute atomic E-state index is 10.8. The monoisotopic (exact) mass is 176 g/mol. The molecule has 0 aliphatic rings. The molecule has 0 spiro atoms. The van der Waals surface area contributed by atoms with Gasteiger partial charge < -0.3 is 14.6 Å². The van der Waals surface area contributed by atoms with Gasteiger partial charge in [0.15, 0.2) is 0 Å². The van der Waals surface area contributed by atoms with Crippen molar-refractivity contribution in [2.45, 2.75) is 27.1 Å². The number of hydrogen-bond acceptors (Lipinski definition) is 4. The predicted molar refractivity (Wildman–Crippen MR) is 39.5 cm³/mol. The Balaban J connectivity index is 3.76. The van der Waals surface area contributed by atoms with Crippen LogP contribution < -0.4 is 0 Å². The van der Waals surface area contributed by atoms with Crippen LogP contribution in [-0.4, -0.2) is 23.5 Å². The van der Waals surface area contributed by atoms with Crippen LogP contribution in [0, 0.1) is 5.92 Å². The maximum Gasteiger partial charge on any atom is 0.508 e. The quantitative estimate of drug-likeness (QED) is 0.517. The highest BCUT2D eigenvalue weighted by Crippen LogP contribution is 2.01. The van der Waals surface area contributed by atoms with Crippen LogP contribution in [0.4, 0.5) is 4.79 Å². The highest BCUT2D eigenvalue weighted by Gasteiger charge is 2.15. The van der Waals surface area contributed by atoms with Crippen LogP contribution in [0.25, 0.3) is 0 Å². The summed E-state index contributed by atoms with van der Waals surface area (Å²) in [7, 11) is 0. The molecule has 0 rings (SSSR count). The molecular weight excluding hydrogens is 164 g/mol. The Bertz CT molecular complexity index is 175. The van der Waals surface area contributed by atoms with Crippen molar-refractivity contribution in [2.24, 2.45) is 5.92 Å². The summed E-state index contributed by atoms with van der Waals surface area (Å²) in [6.07, 6.45) is -2.50. The van der Waals surface area contributed by atoms with E-state index in [1.54, 1.807) is 13.8 Å². The summed E-state index contributed by atoms with van der Waals surface area (Å²) in [6, 6.07) is 0. The minimum Gasteiger partial charge on any atom is -0.450 e. The summed E-state index contributed by atoms with van der Waals surface area (Å²) in [5.74, 6) is -0.770. The molecule has 12 heavy (non-hydrogen) atoms. The number of carbonyl (C=O) groups is 2. The minimum absolute atomic E-state index is 0.287. The van der Waals surface area contributed by atoms with Crippen molar-refractivity contribution in [2.75, 3.05) is 0 Å². The average molecular weight is 176 g/mol. The van der Waals surface area contributed by atoms with Gasteiger partial charge in [-0.2, -0.15) is 0 Å². The maximum atomic E-state index is 10.8. The molecule has 1 N–H and O–H groups in total. The summed E-state index contributed by atoms with van der Waals surface area (Å²) in [6.45, 7) is 4.64. The molecule has 0 radical (unpaired) electrons. The molecule has 0 bridgehead atoms. The Morgan fingerprint density at radius 3 is 2.00 bits per heavy atom. The molecule has 0 aromatic rings. The molecule has 0 amide bonds. The van der Waals surface area contributed by atoms with Crippen LogP contribution in [-0.2, 0) is 14.3 Å². The third-order valence-electron chi connectivity index (χ3n) is 1.02. The van der Waals surface area contributed by atoms with E-state index in [0.29, 0.717) is 0 Å². The number of carbonyl (C=O) groups excluding carboxylic acids is 1. The van der Waals surface area contributed by atoms with E-state index in [1.165, 1.54) is 6.92 Å². The predicted octanol–water partition coefficient (Wildman–Crippen LogP) is 1.23. The lowest BCUT2D eigenvalue weighted by molar-refractivity contribution is -0.170. The second-order valence-electron chi connectivity index (χ2n) is 2.54. The van der Waals surface area contributed by atoms with Crippen molar-refractivity contribution in [1.29, 1.82) is 0 Å². The molecule has 0 aromatic heterocycles. The fourth-order valence-electron chi connectivity index (χ4n) is 0.466. The first-order valence-corrected chi connectivity index (χ1v) is 3.53. The van der Waals surface area contributed by atoms with E-state index in [2.05, 4.69) is 9.47 Å². The van der Waals surface area contributed by atoms with Gasteiger partial charge in [0.2, 0.25) is 6.29 Å². The molecule has 0 aromatic carbocycles. The van der Waals surface area contributed by atoms with Gasteiger partial charge in [-0.25, -0.2) is 4.79 Å². The average Bonchev–Trinajstić information content (AvgIpc) is 1.84. The Morgan fingerprint density at radius 2 is 1.67 bits per heavy atom. The zero-order valence-electron chi connectivity index (χ0n) is 7.23. The zero-order valence-corrected chi connectivity index (χ0v) is 7.23. The number of ether oxygens (including phenoxy) is 2. The number of carboxylic acid groups (broad SMARTS) is 1. The van der Waals surface area contributed by atoms with Gasteiger partial charge in [-0.05, 0) is 0 Å². The Morgan fingerprint density at radius 1 is 1.17 bits per heavy atom. The fraction of sp³-hybridized carbons (Fsp3) is 0.714. The summed E-state index contributed by atoms with van der Waals surface area (Å²) < 4.78 is 8.73. The van der Waals surface area contributed by atoms with Gasteiger partial charge in [0.05, 0.1) is 5.92 Å². The van der Waals surface area contributed by atoms with E-state index in [4.69, 9.17) is 5.11 Å². The lowest BCUT2D eigenvalue weighted by Gasteiger charge is -2.12. The number of esters is 1. The van der Waals surface area contributed by atoms with Crippen molar-refractivity contribution >= 4 is 12.1 Å². The lowest BCUT2D eigenvalue weighted by Crippen LogP contribution is -2.23. The molecule has 5 nitrogen and oxygen atoms in total. The second-order valence-corrected chi connectivity index (χ2v) is 2.54. The molecule has 0 saturated carbocycles. The Hall–Kier alpha value is -1.26. The van der Waals surface area contributed by atoms with E-state index >= 15 is 0 Å². The fourth-order valence-corrected chi connectivity index (χ4v) is 0.466. The van der Waals surface area contributed by atoms with Crippen molar-refractivity contribution < 1.29 is 24.2 Å². The largest absolute Gasteiger partial charge is 0.508 e. The lowest BCUT2D eigenvalue weighted by atomic mass is 10.2. The zero-order chi connectivity index (χ0) is 9.72. The van der Waals surface area contributed by atoms with Crippen LogP contribution in [0.15, 0.2) is 0 Å². The summed E-state index contributed by atoms with van der Waals surface area (Å²) in [5, 5.41) is 8.12. The molecule has 70 valence electrons. The number of rotatable bonds is 3. The molecule has 1 atom stereocenters. The third-order valence-corrected chi connectivity index (χ3v) is 1.02. The third kappa shape index (κ3) is 4.54. The van der Waals surface area contributed by atoms with Crippen LogP contribution in [0.3, 0.4) is 0 Å². The van der Waals surface area contributed by atoms with Crippen molar-refractivity contribution in [3.05, 3.63) is 0 Å². The molecule has 0 unspecified atom stereocenters. The van der Waals surface area contributed by atoms with Gasteiger partial charge in [-0.3, -0.25) is 4.79 Å².